The zero-order valence-corrected chi connectivity index (χ0v) is 29.7. The Morgan fingerprint density at radius 2 is 1.10 bits per heavy atom. The van der Waals surface area contributed by atoms with Gasteiger partial charge in [0.1, 0.15) is 12.7 Å². The molecule has 0 aliphatic carbocycles. The molecule has 0 saturated carbocycles. The molecule has 0 spiro atoms. The Labute approximate surface area is 287 Å². The maximum Gasteiger partial charge on any atom is 0.168 e. The zero-order chi connectivity index (χ0) is 34.3. The van der Waals surface area contributed by atoms with Gasteiger partial charge in [-0.25, -0.2) is 15.0 Å². The maximum absolute atomic E-state index is 11.3. The average molecular weight is 654 g/mol. The summed E-state index contributed by atoms with van der Waals surface area (Å²) in [6.45, 7) is 11.3. The van der Waals surface area contributed by atoms with Crippen LogP contribution in [0.5, 0.6) is 11.5 Å². The predicted octanol–water partition coefficient (Wildman–Crippen LogP) is 9.88. The smallest absolute Gasteiger partial charge is 0.168 e. The average Bonchev–Trinajstić information content (AvgIpc) is 3.06. The Morgan fingerprint density at radius 1 is 0.604 bits per heavy atom. The molecule has 7 nitrogen and oxygen atoms in total. The van der Waals surface area contributed by atoms with Gasteiger partial charge in [-0.15, -0.1) is 0 Å². The van der Waals surface area contributed by atoms with Gasteiger partial charge in [-0.1, -0.05) is 125 Å². The van der Waals surface area contributed by atoms with Gasteiger partial charge in [-0.3, -0.25) is 0 Å². The van der Waals surface area contributed by atoms with Gasteiger partial charge in [0.2, 0.25) is 0 Å². The van der Waals surface area contributed by atoms with Crippen LogP contribution < -0.4 is 4.74 Å². The molecule has 258 valence electrons. The lowest BCUT2D eigenvalue weighted by Crippen LogP contribution is -2.23. The van der Waals surface area contributed by atoms with Gasteiger partial charge >= 0.3 is 0 Å². The monoisotopic (exact) mass is 653 g/mol. The summed E-state index contributed by atoms with van der Waals surface area (Å²) < 4.78 is 11.6. The lowest BCUT2D eigenvalue weighted by molar-refractivity contribution is 0.0105. The number of rotatable bonds is 20. The van der Waals surface area contributed by atoms with E-state index in [0.717, 1.165) is 46.2 Å². The standard InChI is InChI=1S/C41H55N3O4/c1-6-7-8-9-10-11-12-13-14-15-16-24-47-27-33(45)28-48-37-19-17-18-36(38(37)46)41-43-39(34-22-20-29(2)25-31(34)4)42-40(44-41)35-23-21-30(3)26-32(35)5/h17-23,25-26,33,45-46H,6-16,24,27-28H2,1-5H3. The van der Waals surface area contributed by atoms with Gasteiger partial charge < -0.3 is 19.7 Å². The molecule has 7 heteroatoms. The van der Waals surface area contributed by atoms with Gasteiger partial charge in [0, 0.05) is 17.7 Å². The number of aryl methyl sites for hydroxylation is 4. The van der Waals surface area contributed by atoms with Crippen molar-refractivity contribution in [3.8, 4) is 45.7 Å². The van der Waals surface area contributed by atoms with E-state index in [-0.39, 0.29) is 24.7 Å². The van der Waals surface area contributed by atoms with E-state index in [9.17, 15) is 10.2 Å². The van der Waals surface area contributed by atoms with Gasteiger partial charge in [0.05, 0.1) is 12.2 Å². The third-order valence-electron chi connectivity index (χ3n) is 8.75. The maximum atomic E-state index is 11.3. The van der Waals surface area contributed by atoms with Crippen molar-refractivity contribution in [1.29, 1.82) is 0 Å². The fourth-order valence-corrected chi connectivity index (χ4v) is 6.01. The molecule has 4 rings (SSSR count). The number of phenols is 1. The quantitative estimate of drug-likeness (QED) is 0.0916. The number of ether oxygens (including phenoxy) is 2. The zero-order valence-electron chi connectivity index (χ0n) is 29.7. The van der Waals surface area contributed by atoms with Crippen molar-refractivity contribution in [2.24, 2.45) is 0 Å². The first kappa shape index (κ1) is 37.0. The van der Waals surface area contributed by atoms with Crippen molar-refractivity contribution in [3.05, 3.63) is 76.9 Å². The summed E-state index contributed by atoms with van der Waals surface area (Å²) in [4.78, 5) is 14.5. The van der Waals surface area contributed by atoms with Crippen molar-refractivity contribution in [1.82, 2.24) is 15.0 Å². The highest BCUT2D eigenvalue weighted by Gasteiger charge is 2.19. The highest BCUT2D eigenvalue weighted by atomic mass is 16.5. The summed E-state index contributed by atoms with van der Waals surface area (Å²) >= 11 is 0. The van der Waals surface area contributed by atoms with Gasteiger partial charge in [0.25, 0.3) is 0 Å². The largest absolute Gasteiger partial charge is 0.504 e. The SMILES string of the molecule is CCCCCCCCCCCCCOCC(O)COc1cccc(-c2nc(-c3ccc(C)cc3C)nc(-c3ccc(C)cc3C)n2)c1O. The Kier molecular flexibility index (Phi) is 14.8. The fourth-order valence-electron chi connectivity index (χ4n) is 6.01. The summed E-state index contributed by atoms with van der Waals surface area (Å²) in [5, 5.41) is 21.8. The fraction of sp³-hybridized carbons (Fsp3) is 0.488. The minimum atomic E-state index is -0.815. The lowest BCUT2D eigenvalue weighted by atomic mass is 10.0. The van der Waals surface area contributed by atoms with Crippen LogP contribution in [0.15, 0.2) is 54.6 Å². The molecule has 0 saturated heterocycles. The summed E-state index contributed by atoms with van der Waals surface area (Å²) in [5.74, 6) is 1.57. The lowest BCUT2D eigenvalue weighted by Gasteiger charge is -2.16. The van der Waals surface area contributed by atoms with E-state index in [1.165, 1.54) is 57.8 Å². The van der Waals surface area contributed by atoms with Crippen LogP contribution in [0.2, 0.25) is 0 Å². The van der Waals surface area contributed by atoms with Crippen molar-refractivity contribution in [2.45, 2.75) is 111 Å². The number of hydrogen-bond donors (Lipinski definition) is 2. The second kappa shape index (κ2) is 19.3. The van der Waals surface area contributed by atoms with Gasteiger partial charge in [0.15, 0.2) is 29.0 Å². The Morgan fingerprint density at radius 3 is 1.62 bits per heavy atom. The van der Waals surface area contributed by atoms with Crippen molar-refractivity contribution >= 4 is 0 Å². The number of unbranched alkanes of at least 4 members (excludes halogenated alkanes) is 10. The van der Waals surface area contributed by atoms with Crippen LogP contribution in [0, 0.1) is 27.7 Å². The summed E-state index contributed by atoms with van der Waals surface area (Å²) in [7, 11) is 0. The number of para-hydroxylation sites is 1. The van der Waals surface area contributed by atoms with E-state index in [2.05, 4.69) is 32.9 Å². The van der Waals surface area contributed by atoms with E-state index < -0.39 is 6.10 Å². The van der Waals surface area contributed by atoms with Crippen LogP contribution in [-0.2, 0) is 4.74 Å². The molecular weight excluding hydrogens is 598 g/mol. The van der Waals surface area contributed by atoms with E-state index in [1.807, 2.05) is 38.1 Å². The normalized spacial score (nSPS) is 12.0. The molecule has 1 unspecified atom stereocenters. The number of nitrogens with zero attached hydrogens (tertiary/aromatic N) is 3. The molecule has 2 N–H and O–H groups in total. The molecule has 3 aromatic carbocycles. The number of aromatic hydroxyl groups is 1. The second-order valence-electron chi connectivity index (χ2n) is 13.2. The van der Waals surface area contributed by atoms with E-state index in [0.29, 0.717) is 29.6 Å². The van der Waals surface area contributed by atoms with Crippen LogP contribution in [-0.4, -0.2) is 51.1 Å². The number of aliphatic hydroxyl groups is 1. The van der Waals surface area contributed by atoms with Crippen molar-refractivity contribution in [2.75, 3.05) is 19.8 Å². The Hall–Kier alpha value is -3.81. The molecule has 1 atom stereocenters. The summed E-state index contributed by atoms with van der Waals surface area (Å²) in [5.41, 5.74) is 6.65. The first-order valence-corrected chi connectivity index (χ1v) is 17.9. The van der Waals surface area contributed by atoms with Crippen LogP contribution in [0.4, 0.5) is 0 Å². The highest BCUT2D eigenvalue weighted by molar-refractivity contribution is 5.73. The van der Waals surface area contributed by atoms with E-state index >= 15 is 0 Å². The van der Waals surface area contributed by atoms with E-state index in [4.69, 9.17) is 24.4 Å². The number of aliphatic hydroxyl groups excluding tert-OH is 1. The molecule has 0 bridgehead atoms. The molecule has 0 radical (unpaired) electrons. The second-order valence-corrected chi connectivity index (χ2v) is 13.2. The topological polar surface area (TPSA) is 97.6 Å². The van der Waals surface area contributed by atoms with Crippen LogP contribution in [0.25, 0.3) is 34.2 Å². The molecule has 0 fully saturated rings. The Bertz CT molecular complexity index is 1520. The van der Waals surface area contributed by atoms with Crippen LogP contribution >= 0.6 is 0 Å². The molecule has 0 amide bonds. The third-order valence-corrected chi connectivity index (χ3v) is 8.75. The first-order chi connectivity index (χ1) is 23.3. The van der Waals surface area contributed by atoms with Crippen molar-refractivity contribution < 1.29 is 19.7 Å². The molecular formula is C41H55N3O4. The highest BCUT2D eigenvalue weighted by Crippen LogP contribution is 2.37. The number of benzene rings is 3. The minimum Gasteiger partial charge on any atom is -0.504 e. The third kappa shape index (κ3) is 11.1. The van der Waals surface area contributed by atoms with Crippen LogP contribution in [0.3, 0.4) is 0 Å². The number of hydrogen-bond acceptors (Lipinski definition) is 7. The molecule has 1 aromatic heterocycles. The predicted molar refractivity (Wildman–Crippen MR) is 196 cm³/mol. The summed E-state index contributed by atoms with van der Waals surface area (Å²) in [6, 6.07) is 17.6. The Balaban J connectivity index is 1.35. The minimum absolute atomic E-state index is 0.00586. The first-order valence-electron chi connectivity index (χ1n) is 17.9. The van der Waals surface area contributed by atoms with E-state index in [1.54, 1.807) is 18.2 Å². The molecule has 1 heterocycles. The molecule has 48 heavy (non-hydrogen) atoms. The number of aromatic nitrogens is 3. The molecule has 0 aliphatic heterocycles. The van der Waals surface area contributed by atoms with Crippen molar-refractivity contribution in [3.63, 3.8) is 0 Å². The van der Waals surface area contributed by atoms with Gasteiger partial charge in [-0.2, -0.15) is 0 Å². The molecule has 4 aromatic rings. The van der Waals surface area contributed by atoms with Crippen LogP contribution in [0.1, 0.15) is 99.8 Å². The molecule has 0 aliphatic rings. The van der Waals surface area contributed by atoms with Gasteiger partial charge in [-0.05, 0) is 57.4 Å². The summed E-state index contributed by atoms with van der Waals surface area (Å²) in [6.07, 6.45) is 13.3. The number of phenolic OH excluding ortho intramolecular Hbond substituents is 1.